The van der Waals surface area contributed by atoms with Crippen LogP contribution in [0.15, 0.2) is 12.1 Å². The van der Waals surface area contributed by atoms with Gasteiger partial charge >= 0.3 is 5.97 Å². The molecule has 5 heteroatoms. The highest BCUT2D eigenvalue weighted by Gasteiger charge is 2.16. The molecule has 0 aliphatic rings. The second-order valence-corrected chi connectivity index (χ2v) is 3.86. The molecule has 0 spiro atoms. The van der Waals surface area contributed by atoms with Crippen LogP contribution in [-0.4, -0.2) is 19.6 Å². The number of anilines is 1. The number of halogens is 2. The Bertz CT molecular complexity index is 421. The van der Waals surface area contributed by atoms with Crippen molar-refractivity contribution < 1.29 is 18.3 Å². The number of hydrogen-bond donors (Lipinski definition) is 1. The maximum atomic E-state index is 13.6. The lowest BCUT2D eigenvalue weighted by atomic mass is 10.1. The molecule has 1 atom stereocenters. The number of carbonyl (C=O) groups excluding carboxylic acids is 1. The Morgan fingerprint density at radius 3 is 2.71 bits per heavy atom. The SMILES string of the molecule is COC(=O)C(C)CNc1c(F)ccc(C)c1F. The molecule has 0 aliphatic heterocycles. The molecule has 0 saturated carbocycles. The molecule has 1 N–H and O–H groups in total. The Hall–Kier alpha value is -1.65. The van der Waals surface area contributed by atoms with Crippen LogP contribution in [0.1, 0.15) is 12.5 Å². The molecule has 0 bridgehead atoms. The Kier molecular flexibility index (Phi) is 4.43. The normalized spacial score (nSPS) is 12.1. The van der Waals surface area contributed by atoms with Gasteiger partial charge in [0.2, 0.25) is 0 Å². The Morgan fingerprint density at radius 1 is 1.47 bits per heavy atom. The number of methoxy groups -OCH3 is 1. The van der Waals surface area contributed by atoms with Crippen molar-refractivity contribution >= 4 is 11.7 Å². The van der Waals surface area contributed by atoms with Gasteiger partial charge < -0.3 is 10.1 Å². The molecule has 0 fully saturated rings. The Labute approximate surface area is 98.8 Å². The molecular weight excluding hydrogens is 228 g/mol. The van der Waals surface area contributed by atoms with E-state index in [0.29, 0.717) is 5.56 Å². The van der Waals surface area contributed by atoms with E-state index in [-0.39, 0.29) is 12.2 Å². The van der Waals surface area contributed by atoms with Gasteiger partial charge in [-0.15, -0.1) is 0 Å². The standard InChI is InChI=1S/C12H15F2NO2/c1-7-4-5-9(13)11(10(7)14)15-6-8(2)12(16)17-3/h4-5,8,15H,6H2,1-3H3. The van der Waals surface area contributed by atoms with E-state index in [0.717, 1.165) is 0 Å². The van der Waals surface area contributed by atoms with Crippen LogP contribution in [0.25, 0.3) is 0 Å². The van der Waals surface area contributed by atoms with Crippen molar-refractivity contribution in [2.45, 2.75) is 13.8 Å². The molecule has 1 unspecified atom stereocenters. The van der Waals surface area contributed by atoms with Gasteiger partial charge in [-0.05, 0) is 18.6 Å². The van der Waals surface area contributed by atoms with Crippen molar-refractivity contribution in [2.24, 2.45) is 5.92 Å². The number of hydrogen-bond acceptors (Lipinski definition) is 3. The number of rotatable bonds is 4. The van der Waals surface area contributed by atoms with Crippen molar-refractivity contribution in [3.8, 4) is 0 Å². The molecule has 1 rings (SSSR count). The minimum Gasteiger partial charge on any atom is -0.469 e. The minimum atomic E-state index is -0.676. The molecule has 0 amide bonds. The van der Waals surface area contributed by atoms with Crippen molar-refractivity contribution in [1.29, 1.82) is 0 Å². The van der Waals surface area contributed by atoms with Gasteiger partial charge in [0.15, 0.2) is 5.82 Å². The molecule has 0 saturated heterocycles. The van der Waals surface area contributed by atoms with Crippen LogP contribution in [0.2, 0.25) is 0 Å². The van der Waals surface area contributed by atoms with Crippen molar-refractivity contribution in [3.05, 3.63) is 29.3 Å². The number of nitrogens with one attached hydrogen (secondary N) is 1. The third-order valence-corrected chi connectivity index (χ3v) is 2.47. The molecule has 3 nitrogen and oxygen atoms in total. The number of benzene rings is 1. The summed E-state index contributed by atoms with van der Waals surface area (Å²) < 4.78 is 31.4. The average molecular weight is 243 g/mol. The van der Waals surface area contributed by atoms with Crippen molar-refractivity contribution in [2.75, 3.05) is 19.0 Å². The average Bonchev–Trinajstić information content (AvgIpc) is 2.32. The fourth-order valence-electron chi connectivity index (χ4n) is 1.36. The molecule has 94 valence electrons. The molecular formula is C12H15F2NO2. The molecule has 0 radical (unpaired) electrons. The van der Waals surface area contributed by atoms with E-state index >= 15 is 0 Å². The first-order valence-electron chi connectivity index (χ1n) is 5.23. The topological polar surface area (TPSA) is 38.3 Å². The van der Waals surface area contributed by atoms with Crippen molar-refractivity contribution in [1.82, 2.24) is 0 Å². The quantitative estimate of drug-likeness (QED) is 0.826. The number of esters is 1. The van der Waals surface area contributed by atoms with E-state index in [9.17, 15) is 13.6 Å². The van der Waals surface area contributed by atoms with Gasteiger partial charge in [-0.25, -0.2) is 8.78 Å². The van der Waals surface area contributed by atoms with Gasteiger partial charge in [0.05, 0.1) is 13.0 Å². The van der Waals surface area contributed by atoms with Crippen LogP contribution in [0.3, 0.4) is 0 Å². The zero-order valence-corrected chi connectivity index (χ0v) is 10.0. The molecule has 17 heavy (non-hydrogen) atoms. The van der Waals surface area contributed by atoms with Crippen LogP contribution < -0.4 is 5.32 Å². The largest absolute Gasteiger partial charge is 0.469 e. The van der Waals surface area contributed by atoms with Gasteiger partial charge in [0.25, 0.3) is 0 Å². The number of aryl methyl sites for hydroxylation is 1. The zero-order valence-electron chi connectivity index (χ0n) is 10.0. The van der Waals surface area contributed by atoms with Crippen LogP contribution in [0.5, 0.6) is 0 Å². The maximum Gasteiger partial charge on any atom is 0.310 e. The first kappa shape index (κ1) is 13.4. The van der Waals surface area contributed by atoms with Crippen LogP contribution in [-0.2, 0) is 9.53 Å². The summed E-state index contributed by atoms with van der Waals surface area (Å²) in [5.41, 5.74) is 0.139. The summed E-state index contributed by atoms with van der Waals surface area (Å²) in [6, 6.07) is 2.54. The predicted molar refractivity (Wildman–Crippen MR) is 60.8 cm³/mol. The van der Waals surface area contributed by atoms with E-state index in [2.05, 4.69) is 10.1 Å². The Balaban J connectivity index is 2.76. The lowest BCUT2D eigenvalue weighted by Gasteiger charge is -2.13. The van der Waals surface area contributed by atoms with Gasteiger partial charge in [0, 0.05) is 6.54 Å². The summed E-state index contributed by atoms with van der Waals surface area (Å²) in [6.07, 6.45) is 0. The second-order valence-electron chi connectivity index (χ2n) is 3.86. The molecule has 0 heterocycles. The monoisotopic (exact) mass is 243 g/mol. The molecule has 1 aromatic carbocycles. The van der Waals surface area contributed by atoms with Gasteiger partial charge in [-0.2, -0.15) is 0 Å². The fourth-order valence-corrected chi connectivity index (χ4v) is 1.36. The summed E-state index contributed by atoms with van der Waals surface area (Å²) in [5.74, 6) is -2.21. The fraction of sp³-hybridized carbons (Fsp3) is 0.417. The van der Waals surface area contributed by atoms with E-state index < -0.39 is 23.5 Å². The number of carbonyl (C=O) groups is 1. The zero-order chi connectivity index (χ0) is 13.0. The van der Waals surface area contributed by atoms with Crippen LogP contribution in [0, 0.1) is 24.5 Å². The minimum absolute atomic E-state index is 0.115. The highest BCUT2D eigenvalue weighted by Crippen LogP contribution is 2.21. The third-order valence-electron chi connectivity index (χ3n) is 2.47. The summed E-state index contributed by atoms with van der Waals surface area (Å²) in [4.78, 5) is 11.1. The summed E-state index contributed by atoms with van der Waals surface area (Å²) in [6.45, 7) is 3.28. The maximum absolute atomic E-state index is 13.6. The smallest absolute Gasteiger partial charge is 0.310 e. The second kappa shape index (κ2) is 5.61. The van der Waals surface area contributed by atoms with E-state index in [4.69, 9.17) is 0 Å². The van der Waals surface area contributed by atoms with Gasteiger partial charge in [-0.3, -0.25) is 4.79 Å². The van der Waals surface area contributed by atoms with Gasteiger partial charge in [0.1, 0.15) is 11.5 Å². The molecule has 0 aliphatic carbocycles. The molecule has 0 aromatic heterocycles. The highest BCUT2D eigenvalue weighted by atomic mass is 19.1. The van der Waals surface area contributed by atoms with E-state index in [1.165, 1.54) is 19.2 Å². The van der Waals surface area contributed by atoms with E-state index in [1.54, 1.807) is 13.8 Å². The third kappa shape index (κ3) is 3.15. The Morgan fingerprint density at radius 2 is 2.12 bits per heavy atom. The first-order chi connectivity index (χ1) is 7.97. The summed E-state index contributed by atoms with van der Waals surface area (Å²) >= 11 is 0. The summed E-state index contributed by atoms with van der Waals surface area (Å²) in [5, 5.41) is 2.59. The lowest BCUT2D eigenvalue weighted by Crippen LogP contribution is -2.22. The number of ether oxygens (including phenoxy) is 1. The van der Waals surface area contributed by atoms with Crippen molar-refractivity contribution in [3.63, 3.8) is 0 Å². The molecule has 1 aromatic rings. The lowest BCUT2D eigenvalue weighted by molar-refractivity contribution is -0.144. The van der Waals surface area contributed by atoms with Crippen LogP contribution >= 0.6 is 0 Å². The van der Waals surface area contributed by atoms with E-state index in [1.807, 2.05) is 0 Å². The first-order valence-corrected chi connectivity index (χ1v) is 5.23. The predicted octanol–water partition coefficient (Wildman–Crippen LogP) is 2.49. The van der Waals surface area contributed by atoms with Crippen LogP contribution in [0.4, 0.5) is 14.5 Å². The highest BCUT2D eigenvalue weighted by molar-refractivity contribution is 5.72. The van der Waals surface area contributed by atoms with Gasteiger partial charge in [-0.1, -0.05) is 13.0 Å². The summed E-state index contributed by atoms with van der Waals surface area (Å²) in [7, 11) is 1.27.